The molecule has 0 unspecified atom stereocenters. The van der Waals surface area contributed by atoms with Crippen LogP contribution < -0.4 is 21.6 Å². The average molecular weight is 528 g/mol. The normalized spacial score (nSPS) is 19.1. The van der Waals surface area contributed by atoms with Gasteiger partial charge >= 0.3 is 5.69 Å². The van der Waals surface area contributed by atoms with Crippen molar-refractivity contribution >= 4 is 17.5 Å². The molecule has 2 aromatic heterocycles. The number of anilines is 3. The Kier molecular flexibility index (Phi) is 6.49. The summed E-state index contributed by atoms with van der Waals surface area (Å²) in [5, 5.41) is 17.7. The van der Waals surface area contributed by atoms with Crippen LogP contribution in [0.25, 0.3) is 5.69 Å². The van der Waals surface area contributed by atoms with Gasteiger partial charge in [0.1, 0.15) is 5.82 Å². The SMILES string of the molecule is CC(C)n1nnn(-c2cc(Nc3ncc(F)c(NC4CC(C)(C)NC(C)(C)C4)n3)c(F)cc2C2CC2)c1=O. The van der Waals surface area contributed by atoms with Gasteiger partial charge in [-0.05, 0) is 101 Å². The molecule has 0 spiro atoms. The number of rotatable bonds is 7. The number of hydrogen-bond donors (Lipinski definition) is 3. The summed E-state index contributed by atoms with van der Waals surface area (Å²) < 4.78 is 32.4. The minimum absolute atomic E-state index is 0.0184. The molecule has 0 amide bonds. The summed E-state index contributed by atoms with van der Waals surface area (Å²) in [7, 11) is 0. The number of piperidine rings is 1. The van der Waals surface area contributed by atoms with Crippen LogP contribution in [0.5, 0.6) is 0 Å². The van der Waals surface area contributed by atoms with E-state index in [0.29, 0.717) is 11.3 Å². The van der Waals surface area contributed by atoms with Gasteiger partial charge in [-0.25, -0.2) is 18.6 Å². The Morgan fingerprint density at radius 3 is 2.34 bits per heavy atom. The summed E-state index contributed by atoms with van der Waals surface area (Å²) in [4.78, 5) is 21.3. The van der Waals surface area contributed by atoms with E-state index >= 15 is 4.39 Å². The van der Waals surface area contributed by atoms with Crippen molar-refractivity contribution < 1.29 is 8.78 Å². The van der Waals surface area contributed by atoms with Crippen molar-refractivity contribution in [2.45, 2.75) is 96.3 Å². The molecule has 3 N–H and O–H groups in total. The fourth-order valence-electron chi connectivity index (χ4n) is 5.58. The molecule has 1 aliphatic carbocycles. The smallest absolute Gasteiger partial charge is 0.365 e. The molecular formula is C26H35F2N9O. The quantitative estimate of drug-likeness (QED) is 0.414. The van der Waals surface area contributed by atoms with Crippen LogP contribution in [0.4, 0.5) is 26.2 Å². The second-order valence-corrected chi connectivity index (χ2v) is 12.0. The fourth-order valence-corrected chi connectivity index (χ4v) is 5.58. The van der Waals surface area contributed by atoms with Crippen LogP contribution in [0.3, 0.4) is 0 Å². The highest BCUT2D eigenvalue weighted by molar-refractivity contribution is 5.62. The third-order valence-corrected chi connectivity index (χ3v) is 6.98. The first kappa shape index (κ1) is 26.2. The second-order valence-electron chi connectivity index (χ2n) is 12.0. The van der Waals surface area contributed by atoms with Gasteiger partial charge in [-0.2, -0.15) is 14.3 Å². The van der Waals surface area contributed by atoms with Crippen molar-refractivity contribution in [2.24, 2.45) is 0 Å². The first-order valence-corrected chi connectivity index (χ1v) is 13.1. The van der Waals surface area contributed by atoms with E-state index in [0.717, 1.165) is 31.9 Å². The van der Waals surface area contributed by atoms with Gasteiger partial charge in [0, 0.05) is 17.1 Å². The summed E-state index contributed by atoms with van der Waals surface area (Å²) in [6.07, 6.45) is 4.43. The monoisotopic (exact) mass is 527 g/mol. The zero-order valence-electron chi connectivity index (χ0n) is 22.6. The molecule has 2 aliphatic rings. The maximum absolute atomic E-state index is 15.2. The van der Waals surface area contributed by atoms with Crippen LogP contribution >= 0.6 is 0 Å². The van der Waals surface area contributed by atoms with E-state index in [-0.39, 0.29) is 46.5 Å². The number of halogens is 2. The standard InChI is InChI=1S/C26H35F2N9O/c1-14(2)36-24(38)37(35-34-36)21-10-20(18(27)9-17(21)15-7-8-15)31-23-29-13-19(28)22(32-23)30-16-11-25(3,4)33-26(5,6)12-16/h9-10,13-16,33H,7-8,11-12H2,1-6H3,(H2,29,30,31,32). The zero-order chi connectivity index (χ0) is 27.4. The third kappa shape index (κ3) is 5.40. The molecule has 3 heterocycles. The van der Waals surface area contributed by atoms with Crippen LogP contribution in [0.15, 0.2) is 23.1 Å². The van der Waals surface area contributed by atoms with Gasteiger partial charge in [0.05, 0.1) is 23.6 Å². The lowest BCUT2D eigenvalue weighted by molar-refractivity contribution is 0.170. The van der Waals surface area contributed by atoms with Crippen LogP contribution in [0.1, 0.15) is 84.7 Å². The molecule has 10 nitrogen and oxygen atoms in total. The van der Waals surface area contributed by atoms with Crippen molar-refractivity contribution in [1.29, 1.82) is 0 Å². The van der Waals surface area contributed by atoms with E-state index in [1.54, 1.807) is 0 Å². The van der Waals surface area contributed by atoms with Crippen LogP contribution in [0.2, 0.25) is 0 Å². The Bertz CT molecular complexity index is 1390. The number of aromatic nitrogens is 6. The van der Waals surface area contributed by atoms with Gasteiger partial charge in [0.2, 0.25) is 5.95 Å². The highest BCUT2D eigenvalue weighted by Crippen LogP contribution is 2.44. The Morgan fingerprint density at radius 1 is 1.05 bits per heavy atom. The molecule has 1 saturated heterocycles. The molecule has 1 aromatic carbocycles. The van der Waals surface area contributed by atoms with Crippen LogP contribution in [0, 0.1) is 11.6 Å². The molecule has 38 heavy (non-hydrogen) atoms. The number of benzene rings is 1. The van der Waals surface area contributed by atoms with E-state index in [1.165, 1.54) is 21.5 Å². The maximum atomic E-state index is 15.2. The molecule has 3 aromatic rings. The Balaban J connectivity index is 1.45. The minimum Gasteiger partial charge on any atom is -0.365 e. The molecule has 5 rings (SSSR count). The molecule has 0 radical (unpaired) electrons. The summed E-state index contributed by atoms with van der Waals surface area (Å²) in [6, 6.07) is 2.74. The molecule has 1 saturated carbocycles. The van der Waals surface area contributed by atoms with Gasteiger partial charge in [0.25, 0.3) is 0 Å². The van der Waals surface area contributed by atoms with Crippen LogP contribution in [-0.2, 0) is 0 Å². The highest BCUT2D eigenvalue weighted by Gasteiger charge is 2.38. The number of hydrogen-bond acceptors (Lipinski definition) is 8. The van der Waals surface area contributed by atoms with Gasteiger partial charge in [-0.1, -0.05) is 0 Å². The number of tetrazole rings is 1. The molecule has 12 heteroatoms. The minimum atomic E-state index is -0.591. The van der Waals surface area contributed by atoms with Gasteiger partial charge in [-0.15, -0.1) is 0 Å². The molecule has 0 bridgehead atoms. The Hall–Kier alpha value is -3.41. The molecule has 1 aliphatic heterocycles. The van der Waals surface area contributed by atoms with E-state index in [2.05, 4.69) is 64.0 Å². The van der Waals surface area contributed by atoms with Gasteiger partial charge in [-0.3, -0.25) is 0 Å². The molecule has 2 fully saturated rings. The Morgan fingerprint density at radius 2 is 1.74 bits per heavy atom. The van der Waals surface area contributed by atoms with Gasteiger partial charge in [0.15, 0.2) is 11.6 Å². The Labute approximate surface area is 220 Å². The first-order valence-electron chi connectivity index (χ1n) is 13.1. The summed E-state index contributed by atoms with van der Waals surface area (Å²) >= 11 is 0. The predicted molar refractivity (Wildman–Crippen MR) is 141 cm³/mol. The van der Waals surface area contributed by atoms with Crippen molar-refractivity contribution in [2.75, 3.05) is 10.6 Å². The largest absolute Gasteiger partial charge is 0.368 e. The topological polar surface area (TPSA) is 115 Å². The number of nitrogens with one attached hydrogen (secondary N) is 3. The van der Waals surface area contributed by atoms with Gasteiger partial charge < -0.3 is 16.0 Å². The lowest BCUT2D eigenvalue weighted by atomic mass is 9.79. The molecule has 204 valence electrons. The zero-order valence-corrected chi connectivity index (χ0v) is 22.6. The van der Waals surface area contributed by atoms with E-state index in [1.807, 2.05) is 13.8 Å². The summed E-state index contributed by atoms with van der Waals surface area (Å²) in [5.41, 5.74) is 0.524. The van der Waals surface area contributed by atoms with E-state index in [4.69, 9.17) is 0 Å². The lowest BCUT2D eigenvalue weighted by Gasteiger charge is -2.46. The fraction of sp³-hybridized carbons (Fsp3) is 0.577. The maximum Gasteiger partial charge on any atom is 0.368 e. The van der Waals surface area contributed by atoms with Crippen LogP contribution in [-0.4, -0.2) is 46.9 Å². The summed E-state index contributed by atoms with van der Waals surface area (Å²) in [5.74, 6) is -0.882. The van der Waals surface area contributed by atoms with Crippen molar-refractivity contribution in [3.05, 3.63) is 46.0 Å². The first-order chi connectivity index (χ1) is 17.8. The van der Waals surface area contributed by atoms with Crippen molar-refractivity contribution in [3.63, 3.8) is 0 Å². The highest BCUT2D eigenvalue weighted by atomic mass is 19.1. The average Bonchev–Trinajstić information content (AvgIpc) is 3.56. The molecular weight excluding hydrogens is 492 g/mol. The van der Waals surface area contributed by atoms with E-state index in [9.17, 15) is 9.18 Å². The third-order valence-electron chi connectivity index (χ3n) is 6.98. The predicted octanol–water partition coefficient (Wildman–Crippen LogP) is 4.42. The lowest BCUT2D eigenvalue weighted by Crippen LogP contribution is -2.60. The number of nitrogens with zero attached hydrogens (tertiary/aromatic N) is 6. The van der Waals surface area contributed by atoms with E-state index < -0.39 is 17.3 Å². The molecule has 0 atom stereocenters. The second kappa shape index (κ2) is 9.40. The summed E-state index contributed by atoms with van der Waals surface area (Å²) in [6.45, 7) is 12.1. The van der Waals surface area contributed by atoms with Crippen molar-refractivity contribution in [3.8, 4) is 5.69 Å². The van der Waals surface area contributed by atoms with Crippen molar-refractivity contribution in [1.82, 2.24) is 35.1 Å².